The van der Waals surface area contributed by atoms with Crippen molar-refractivity contribution >= 4 is 23.5 Å². The smallest absolute Gasteiger partial charge is 0.306 e. The summed E-state index contributed by atoms with van der Waals surface area (Å²) < 4.78 is 10.7. The van der Waals surface area contributed by atoms with Crippen LogP contribution in [0.25, 0.3) is 11.5 Å². The number of carbonyl (C=O) groups excluding carboxylic acids is 2. The van der Waals surface area contributed by atoms with Gasteiger partial charge in [-0.25, -0.2) is 4.98 Å². The van der Waals surface area contributed by atoms with Crippen molar-refractivity contribution in [2.75, 3.05) is 6.54 Å². The summed E-state index contributed by atoms with van der Waals surface area (Å²) in [5.41, 5.74) is 3.08. The molecule has 150 valence electrons. The second kappa shape index (κ2) is 9.89. The molecule has 0 spiro atoms. The third kappa shape index (κ3) is 6.19. The summed E-state index contributed by atoms with van der Waals surface area (Å²) in [4.78, 5) is 28.2. The molecular weight excluding hydrogens is 392 g/mol. The van der Waals surface area contributed by atoms with Gasteiger partial charge >= 0.3 is 5.97 Å². The van der Waals surface area contributed by atoms with Gasteiger partial charge in [0.1, 0.15) is 18.6 Å². The predicted molar refractivity (Wildman–Crippen MR) is 109 cm³/mol. The summed E-state index contributed by atoms with van der Waals surface area (Å²) in [7, 11) is 0. The van der Waals surface area contributed by atoms with E-state index in [2.05, 4.69) is 10.3 Å². The minimum atomic E-state index is -0.356. The summed E-state index contributed by atoms with van der Waals surface area (Å²) >= 11 is 5.80. The van der Waals surface area contributed by atoms with Gasteiger partial charge in [0, 0.05) is 29.1 Å². The first-order valence-corrected chi connectivity index (χ1v) is 9.60. The number of rotatable bonds is 8. The number of halogens is 1. The monoisotopic (exact) mass is 412 g/mol. The van der Waals surface area contributed by atoms with E-state index in [1.807, 2.05) is 31.2 Å². The van der Waals surface area contributed by atoms with E-state index in [9.17, 15) is 9.59 Å². The summed E-state index contributed by atoms with van der Waals surface area (Å²) in [6.07, 6.45) is 2.16. The lowest BCUT2D eigenvalue weighted by molar-refractivity contribution is -0.145. The van der Waals surface area contributed by atoms with E-state index in [1.54, 1.807) is 24.3 Å². The highest BCUT2D eigenvalue weighted by Crippen LogP contribution is 2.19. The molecule has 1 aromatic heterocycles. The largest absolute Gasteiger partial charge is 0.459 e. The molecule has 0 atom stereocenters. The second-order valence-electron chi connectivity index (χ2n) is 6.54. The Kier molecular flexibility index (Phi) is 7.03. The molecule has 0 aliphatic heterocycles. The van der Waals surface area contributed by atoms with E-state index in [0.29, 0.717) is 35.1 Å². The number of carbonyl (C=O) groups is 2. The molecule has 0 bridgehead atoms. The first-order chi connectivity index (χ1) is 14.0. The van der Waals surface area contributed by atoms with Crippen molar-refractivity contribution in [2.45, 2.75) is 26.4 Å². The molecule has 0 saturated heterocycles. The number of nitrogens with zero attached hydrogens (tertiary/aromatic N) is 1. The van der Waals surface area contributed by atoms with E-state index < -0.39 is 0 Å². The molecule has 3 rings (SSSR count). The Hall–Kier alpha value is -3.12. The van der Waals surface area contributed by atoms with Crippen LogP contribution in [0.4, 0.5) is 0 Å². The third-order valence-electron chi connectivity index (χ3n) is 4.18. The molecule has 0 radical (unpaired) electrons. The van der Waals surface area contributed by atoms with Gasteiger partial charge in [-0.15, -0.1) is 0 Å². The van der Waals surface area contributed by atoms with Crippen molar-refractivity contribution in [2.24, 2.45) is 0 Å². The number of hydrogen-bond donors (Lipinski definition) is 1. The number of esters is 1. The van der Waals surface area contributed by atoms with Crippen LogP contribution < -0.4 is 5.32 Å². The average molecular weight is 413 g/mol. The fraction of sp³-hybridized carbons (Fsp3) is 0.227. The van der Waals surface area contributed by atoms with Gasteiger partial charge in [-0.3, -0.25) is 9.59 Å². The number of benzene rings is 2. The molecule has 0 saturated carbocycles. The molecular formula is C22H21ClN2O4. The van der Waals surface area contributed by atoms with E-state index in [4.69, 9.17) is 20.8 Å². The molecule has 1 heterocycles. The van der Waals surface area contributed by atoms with Crippen molar-refractivity contribution in [1.29, 1.82) is 0 Å². The van der Waals surface area contributed by atoms with Crippen molar-refractivity contribution < 1.29 is 18.7 Å². The maximum absolute atomic E-state index is 12.0. The number of aryl methyl sites for hydroxylation is 1. The molecule has 1 amide bonds. The van der Waals surface area contributed by atoms with Gasteiger partial charge in [0.15, 0.2) is 0 Å². The first kappa shape index (κ1) is 20.6. The topological polar surface area (TPSA) is 81.4 Å². The van der Waals surface area contributed by atoms with Crippen LogP contribution in [-0.2, 0) is 16.1 Å². The van der Waals surface area contributed by atoms with Crippen molar-refractivity contribution in [3.63, 3.8) is 0 Å². The zero-order valence-electron chi connectivity index (χ0n) is 16.0. The van der Waals surface area contributed by atoms with Gasteiger partial charge in [0.25, 0.3) is 5.91 Å². The second-order valence-corrected chi connectivity index (χ2v) is 6.97. The van der Waals surface area contributed by atoms with Crippen LogP contribution in [-0.4, -0.2) is 23.4 Å². The number of oxazole rings is 1. The van der Waals surface area contributed by atoms with Crippen LogP contribution in [0.15, 0.2) is 59.2 Å². The number of amides is 1. The minimum absolute atomic E-state index is 0.0470. The quantitative estimate of drug-likeness (QED) is 0.433. The highest BCUT2D eigenvalue weighted by molar-refractivity contribution is 6.30. The molecule has 1 N–H and O–H groups in total. The van der Waals surface area contributed by atoms with Gasteiger partial charge in [-0.1, -0.05) is 29.3 Å². The van der Waals surface area contributed by atoms with Crippen LogP contribution in [0.3, 0.4) is 0 Å². The molecule has 0 aliphatic carbocycles. The summed E-state index contributed by atoms with van der Waals surface area (Å²) in [5, 5.41) is 3.33. The Morgan fingerprint density at radius 3 is 2.55 bits per heavy atom. The molecule has 0 fully saturated rings. The Morgan fingerprint density at radius 2 is 1.83 bits per heavy atom. The maximum atomic E-state index is 12.0. The Bertz CT molecular complexity index is 965. The Labute approximate surface area is 173 Å². The summed E-state index contributed by atoms with van der Waals surface area (Å²) in [5.74, 6) is -0.0761. The molecule has 7 heteroatoms. The lowest BCUT2D eigenvalue weighted by Crippen LogP contribution is -2.24. The summed E-state index contributed by atoms with van der Waals surface area (Å²) in [6.45, 7) is 2.43. The zero-order chi connectivity index (χ0) is 20.6. The van der Waals surface area contributed by atoms with Crippen molar-refractivity contribution in [3.8, 4) is 11.5 Å². The standard InChI is InChI=1S/C22H21ClN2O4/c1-15-4-6-17(7-5-15)22-25-19(14-29-22)13-28-20(26)3-2-12-24-21(27)16-8-10-18(23)11-9-16/h4-11,14H,2-3,12-13H2,1H3,(H,24,27). The number of nitrogens with one attached hydrogen (secondary N) is 1. The molecule has 3 aromatic rings. The number of aromatic nitrogens is 1. The summed E-state index contributed by atoms with van der Waals surface area (Å²) in [6, 6.07) is 14.4. The lowest BCUT2D eigenvalue weighted by atomic mass is 10.1. The average Bonchev–Trinajstić information content (AvgIpc) is 3.19. The minimum Gasteiger partial charge on any atom is -0.459 e. The van der Waals surface area contributed by atoms with E-state index in [0.717, 1.165) is 11.1 Å². The molecule has 29 heavy (non-hydrogen) atoms. The van der Waals surface area contributed by atoms with Gasteiger partial charge < -0.3 is 14.5 Å². The number of ether oxygens (including phenoxy) is 1. The fourth-order valence-corrected chi connectivity index (χ4v) is 2.69. The fourth-order valence-electron chi connectivity index (χ4n) is 2.57. The molecule has 0 unspecified atom stereocenters. The SMILES string of the molecule is Cc1ccc(-c2nc(COC(=O)CCCNC(=O)c3ccc(Cl)cc3)co2)cc1. The predicted octanol–water partition coefficient (Wildman–Crippen LogP) is 4.56. The van der Waals surface area contributed by atoms with E-state index in [1.165, 1.54) is 6.26 Å². The maximum Gasteiger partial charge on any atom is 0.306 e. The Morgan fingerprint density at radius 1 is 1.10 bits per heavy atom. The molecule has 2 aromatic carbocycles. The van der Waals surface area contributed by atoms with Crippen LogP contribution in [0, 0.1) is 6.92 Å². The highest BCUT2D eigenvalue weighted by atomic mass is 35.5. The first-order valence-electron chi connectivity index (χ1n) is 9.22. The Balaban J connectivity index is 1.36. The van der Waals surface area contributed by atoms with Gasteiger partial charge in [-0.05, 0) is 49.7 Å². The van der Waals surface area contributed by atoms with Crippen LogP contribution in [0.5, 0.6) is 0 Å². The normalized spacial score (nSPS) is 10.6. The van der Waals surface area contributed by atoms with Crippen LogP contribution in [0.2, 0.25) is 5.02 Å². The van der Waals surface area contributed by atoms with Gasteiger partial charge in [0.2, 0.25) is 5.89 Å². The third-order valence-corrected chi connectivity index (χ3v) is 4.43. The van der Waals surface area contributed by atoms with E-state index in [-0.39, 0.29) is 24.9 Å². The number of hydrogen-bond acceptors (Lipinski definition) is 5. The zero-order valence-corrected chi connectivity index (χ0v) is 16.7. The van der Waals surface area contributed by atoms with Gasteiger partial charge in [0.05, 0.1) is 0 Å². The highest BCUT2D eigenvalue weighted by Gasteiger charge is 2.10. The van der Waals surface area contributed by atoms with Crippen LogP contribution >= 0.6 is 11.6 Å². The molecule has 0 aliphatic rings. The van der Waals surface area contributed by atoms with Crippen LogP contribution in [0.1, 0.15) is 34.5 Å². The van der Waals surface area contributed by atoms with E-state index >= 15 is 0 Å². The van der Waals surface area contributed by atoms with Crippen molar-refractivity contribution in [3.05, 3.63) is 76.6 Å². The van der Waals surface area contributed by atoms with Gasteiger partial charge in [-0.2, -0.15) is 0 Å². The molecule has 6 nitrogen and oxygen atoms in total. The van der Waals surface area contributed by atoms with Crippen molar-refractivity contribution in [1.82, 2.24) is 10.3 Å². The lowest BCUT2D eigenvalue weighted by Gasteiger charge is -2.05.